The molecule has 1 N–H and O–H groups in total. The van der Waals surface area contributed by atoms with Crippen LogP contribution in [0.1, 0.15) is 30.7 Å². The maximum atomic E-state index is 12.2. The minimum atomic E-state index is -0.344. The molecule has 0 aliphatic heterocycles. The van der Waals surface area contributed by atoms with Crippen molar-refractivity contribution in [3.05, 3.63) is 29.2 Å². The van der Waals surface area contributed by atoms with Gasteiger partial charge in [-0.15, -0.1) is 11.3 Å². The SMILES string of the molecule is C=CC(=O)N(C)CC(=O)NC1(c2nccs2)CCCC1. The maximum Gasteiger partial charge on any atom is 0.246 e. The average molecular weight is 293 g/mol. The summed E-state index contributed by atoms with van der Waals surface area (Å²) < 4.78 is 0. The van der Waals surface area contributed by atoms with E-state index in [0.717, 1.165) is 30.7 Å². The first-order chi connectivity index (χ1) is 9.57. The van der Waals surface area contributed by atoms with Crippen molar-refractivity contribution in [1.29, 1.82) is 0 Å². The Morgan fingerprint density at radius 2 is 2.25 bits per heavy atom. The number of amides is 2. The Morgan fingerprint density at radius 3 is 2.80 bits per heavy atom. The van der Waals surface area contributed by atoms with Gasteiger partial charge >= 0.3 is 0 Å². The average Bonchev–Trinajstić information content (AvgIpc) is 3.08. The number of hydrogen-bond donors (Lipinski definition) is 1. The molecule has 1 heterocycles. The van der Waals surface area contributed by atoms with Crippen LogP contribution >= 0.6 is 11.3 Å². The predicted octanol–water partition coefficient (Wildman–Crippen LogP) is 1.67. The minimum Gasteiger partial charge on any atom is -0.343 e. The largest absolute Gasteiger partial charge is 0.343 e. The third-order valence-corrected chi connectivity index (χ3v) is 4.59. The number of aromatic nitrogens is 1. The first-order valence-corrected chi connectivity index (χ1v) is 7.54. The predicted molar refractivity (Wildman–Crippen MR) is 78.2 cm³/mol. The summed E-state index contributed by atoms with van der Waals surface area (Å²) in [7, 11) is 1.59. The fraction of sp³-hybridized carbons (Fsp3) is 0.500. The quantitative estimate of drug-likeness (QED) is 0.840. The van der Waals surface area contributed by atoms with Gasteiger partial charge in [-0.2, -0.15) is 0 Å². The summed E-state index contributed by atoms with van der Waals surface area (Å²) in [5.74, 6) is -0.408. The van der Waals surface area contributed by atoms with Crippen LogP contribution in [0.15, 0.2) is 24.2 Å². The molecule has 1 aromatic heterocycles. The highest BCUT2D eigenvalue weighted by atomic mass is 32.1. The standard InChI is InChI=1S/C14H19N3O2S/c1-3-12(19)17(2)10-11(18)16-14(6-4-5-7-14)13-15-8-9-20-13/h3,8-9H,1,4-7,10H2,2H3,(H,16,18). The molecule has 0 saturated heterocycles. The number of nitrogens with one attached hydrogen (secondary N) is 1. The summed E-state index contributed by atoms with van der Waals surface area (Å²) in [5.41, 5.74) is -0.344. The summed E-state index contributed by atoms with van der Waals surface area (Å²) in [6, 6.07) is 0. The van der Waals surface area contributed by atoms with E-state index in [1.807, 2.05) is 5.38 Å². The van der Waals surface area contributed by atoms with Crippen molar-refractivity contribution in [2.75, 3.05) is 13.6 Å². The monoisotopic (exact) mass is 293 g/mol. The number of likely N-dealkylation sites (N-methyl/N-ethyl adjacent to an activating group) is 1. The second-order valence-corrected chi connectivity index (χ2v) is 5.97. The molecule has 0 radical (unpaired) electrons. The van der Waals surface area contributed by atoms with Crippen molar-refractivity contribution >= 4 is 23.2 Å². The van der Waals surface area contributed by atoms with Crippen molar-refractivity contribution in [1.82, 2.24) is 15.2 Å². The highest BCUT2D eigenvalue weighted by molar-refractivity contribution is 7.09. The highest BCUT2D eigenvalue weighted by Gasteiger charge is 2.39. The van der Waals surface area contributed by atoms with Crippen LogP contribution in [-0.2, 0) is 15.1 Å². The van der Waals surface area contributed by atoms with Crippen molar-refractivity contribution in [2.45, 2.75) is 31.2 Å². The topological polar surface area (TPSA) is 62.3 Å². The molecule has 0 bridgehead atoms. The lowest BCUT2D eigenvalue weighted by Gasteiger charge is -2.29. The fourth-order valence-electron chi connectivity index (χ4n) is 2.59. The molecule has 0 unspecified atom stereocenters. The van der Waals surface area contributed by atoms with E-state index in [4.69, 9.17) is 0 Å². The van der Waals surface area contributed by atoms with Gasteiger partial charge in [0.05, 0.1) is 12.1 Å². The molecule has 0 atom stereocenters. The molecular weight excluding hydrogens is 274 g/mol. The van der Waals surface area contributed by atoms with Crippen LogP contribution in [0.25, 0.3) is 0 Å². The van der Waals surface area contributed by atoms with Crippen LogP contribution in [0.3, 0.4) is 0 Å². The van der Waals surface area contributed by atoms with Crippen molar-refractivity contribution in [3.8, 4) is 0 Å². The second-order valence-electron chi connectivity index (χ2n) is 5.07. The molecule has 108 valence electrons. The number of thiazole rings is 1. The molecular formula is C14H19N3O2S. The molecule has 1 aromatic rings. The summed E-state index contributed by atoms with van der Waals surface area (Å²) in [6.45, 7) is 3.45. The zero-order valence-corrected chi connectivity index (χ0v) is 12.4. The van der Waals surface area contributed by atoms with Crippen molar-refractivity contribution in [2.24, 2.45) is 0 Å². The van der Waals surface area contributed by atoms with Crippen LogP contribution in [0.5, 0.6) is 0 Å². The highest BCUT2D eigenvalue weighted by Crippen LogP contribution is 2.39. The second kappa shape index (κ2) is 6.17. The number of carbonyl (C=O) groups excluding carboxylic acids is 2. The molecule has 5 nitrogen and oxygen atoms in total. The van der Waals surface area contributed by atoms with Gasteiger partial charge in [0.15, 0.2) is 0 Å². The molecule has 1 aliphatic carbocycles. The third-order valence-electron chi connectivity index (χ3n) is 3.61. The van der Waals surface area contributed by atoms with Crippen LogP contribution < -0.4 is 5.32 Å². The van der Waals surface area contributed by atoms with Gasteiger partial charge in [-0.3, -0.25) is 9.59 Å². The lowest BCUT2D eigenvalue weighted by Crippen LogP contribution is -2.48. The Morgan fingerprint density at radius 1 is 1.55 bits per heavy atom. The summed E-state index contributed by atoms with van der Waals surface area (Å²) in [5, 5.41) is 5.97. The van der Waals surface area contributed by atoms with Gasteiger partial charge < -0.3 is 10.2 Å². The van der Waals surface area contributed by atoms with E-state index in [1.165, 1.54) is 11.0 Å². The first kappa shape index (κ1) is 14.7. The Kier molecular flexibility index (Phi) is 4.54. The van der Waals surface area contributed by atoms with E-state index < -0.39 is 0 Å². The maximum absolute atomic E-state index is 12.2. The smallest absolute Gasteiger partial charge is 0.246 e. The van der Waals surface area contributed by atoms with Crippen LogP contribution in [0, 0.1) is 0 Å². The number of rotatable bonds is 5. The summed E-state index contributed by atoms with van der Waals surface area (Å²) >= 11 is 1.57. The summed E-state index contributed by atoms with van der Waals surface area (Å²) in [4.78, 5) is 29.3. The minimum absolute atomic E-state index is 0.0397. The Bertz CT molecular complexity index is 493. The lowest BCUT2D eigenvalue weighted by atomic mass is 9.98. The van der Waals surface area contributed by atoms with Crippen LogP contribution in [-0.4, -0.2) is 35.3 Å². The van der Waals surface area contributed by atoms with E-state index in [9.17, 15) is 9.59 Å². The normalized spacial score (nSPS) is 16.6. The van der Waals surface area contributed by atoms with Gasteiger partial charge in [0, 0.05) is 18.6 Å². The molecule has 2 rings (SSSR count). The Balaban J connectivity index is 2.04. The van der Waals surface area contributed by atoms with E-state index in [1.54, 1.807) is 24.6 Å². The van der Waals surface area contributed by atoms with Gasteiger partial charge in [-0.1, -0.05) is 19.4 Å². The van der Waals surface area contributed by atoms with Crippen molar-refractivity contribution in [3.63, 3.8) is 0 Å². The number of carbonyl (C=O) groups is 2. The van der Waals surface area contributed by atoms with Gasteiger partial charge in [-0.25, -0.2) is 4.98 Å². The number of hydrogen-bond acceptors (Lipinski definition) is 4. The van der Waals surface area contributed by atoms with Gasteiger partial charge in [0.2, 0.25) is 11.8 Å². The van der Waals surface area contributed by atoms with E-state index in [2.05, 4.69) is 16.9 Å². The van der Waals surface area contributed by atoms with E-state index in [-0.39, 0.29) is 23.9 Å². The van der Waals surface area contributed by atoms with Crippen LogP contribution in [0.4, 0.5) is 0 Å². The van der Waals surface area contributed by atoms with E-state index in [0.29, 0.717) is 0 Å². The fourth-order valence-corrected chi connectivity index (χ4v) is 3.44. The zero-order chi connectivity index (χ0) is 14.6. The molecule has 0 aromatic carbocycles. The molecule has 2 amide bonds. The molecule has 1 saturated carbocycles. The lowest BCUT2D eigenvalue weighted by molar-refractivity contribution is -0.132. The van der Waals surface area contributed by atoms with Crippen molar-refractivity contribution < 1.29 is 9.59 Å². The molecule has 6 heteroatoms. The van der Waals surface area contributed by atoms with E-state index >= 15 is 0 Å². The molecule has 1 aliphatic rings. The molecule has 20 heavy (non-hydrogen) atoms. The Hall–Kier alpha value is -1.69. The molecule has 0 spiro atoms. The summed E-state index contributed by atoms with van der Waals surface area (Å²) in [6.07, 6.45) is 6.96. The van der Waals surface area contributed by atoms with Gasteiger partial charge in [0.1, 0.15) is 5.01 Å². The molecule has 1 fully saturated rings. The zero-order valence-electron chi connectivity index (χ0n) is 11.6. The Labute approximate surface area is 122 Å². The first-order valence-electron chi connectivity index (χ1n) is 6.66. The third kappa shape index (κ3) is 3.07. The van der Waals surface area contributed by atoms with Gasteiger partial charge in [0.25, 0.3) is 0 Å². The van der Waals surface area contributed by atoms with Crippen LogP contribution in [0.2, 0.25) is 0 Å². The van der Waals surface area contributed by atoms with Gasteiger partial charge in [-0.05, 0) is 18.9 Å². The number of nitrogens with zero attached hydrogens (tertiary/aromatic N) is 2.